The van der Waals surface area contributed by atoms with Crippen molar-refractivity contribution in [1.82, 2.24) is 4.98 Å². The average molecular weight is 319 g/mol. The van der Waals surface area contributed by atoms with Crippen LogP contribution >= 0.6 is 34.5 Å². The van der Waals surface area contributed by atoms with Gasteiger partial charge in [0.05, 0.1) is 11.1 Å². The predicted octanol–water partition coefficient (Wildman–Crippen LogP) is 3.93. The van der Waals surface area contributed by atoms with Crippen molar-refractivity contribution in [3.63, 3.8) is 0 Å². The monoisotopic (exact) mass is 318 g/mol. The minimum Gasteiger partial charge on any atom is -0.301 e. The topological polar surface area (TPSA) is 42.0 Å². The van der Waals surface area contributed by atoms with Crippen LogP contribution in [0.1, 0.15) is 43.2 Å². The molecular weight excluding hydrogens is 303 g/mol. The molecule has 1 aromatic rings. The highest BCUT2D eigenvalue weighted by molar-refractivity contribution is 7.15. The third-order valence-corrected chi connectivity index (χ3v) is 6.25. The van der Waals surface area contributed by atoms with E-state index in [1.165, 1.54) is 24.1 Å². The number of rotatable bonds is 2. The van der Waals surface area contributed by atoms with Crippen LogP contribution < -0.4 is 5.32 Å². The van der Waals surface area contributed by atoms with Gasteiger partial charge in [-0.25, -0.2) is 4.98 Å². The van der Waals surface area contributed by atoms with Gasteiger partial charge in [0.1, 0.15) is 4.33 Å². The Morgan fingerprint density at radius 2 is 2.00 bits per heavy atom. The minimum atomic E-state index is -0.925. The van der Waals surface area contributed by atoms with Crippen LogP contribution in [0.4, 0.5) is 5.13 Å². The zero-order valence-electron chi connectivity index (χ0n) is 10.8. The molecule has 0 bridgehead atoms. The van der Waals surface area contributed by atoms with Gasteiger partial charge in [0.25, 0.3) is 0 Å². The van der Waals surface area contributed by atoms with Crippen molar-refractivity contribution in [3.05, 3.63) is 10.6 Å². The van der Waals surface area contributed by atoms with Gasteiger partial charge < -0.3 is 5.32 Å². The molecular formula is C13H16Cl2N2OS. The second-order valence-corrected chi connectivity index (χ2v) is 8.18. The summed E-state index contributed by atoms with van der Waals surface area (Å²) in [4.78, 5) is 18.0. The first kappa shape index (κ1) is 13.7. The highest BCUT2D eigenvalue weighted by Crippen LogP contribution is 2.64. The molecule has 0 radical (unpaired) electrons. The molecule has 1 atom stereocenters. The van der Waals surface area contributed by atoms with Crippen molar-refractivity contribution in [3.8, 4) is 0 Å². The normalized spacial score (nSPS) is 28.4. The lowest BCUT2D eigenvalue weighted by molar-refractivity contribution is -0.120. The third-order valence-electron chi connectivity index (χ3n) is 4.08. The number of fused-ring (bicyclic) bond motifs is 1. The van der Waals surface area contributed by atoms with Crippen LogP contribution in [0.2, 0.25) is 0 Å². The Morgan fingerprint density at radius 3 is 2.68 bits per heavy atom. The summed E-state index contributed by atoms with van der Waals surface area (Å²) in [5, 5.41) is 3.57. The van der Waals surface area contributed by atoms with Gasteiger partial charge in [0.2, 0.25) is 5.91 Å². The predicted molar refractivity (Wildman–Crippen MR) is 79.2 cm³/mol. The molecule has 1 aromatic heterocycles. The summed E-state index contributed by atoms with van der Waals surface area (Å²) < 4.78 is -0.925. The molecule has 2 aliphatic carbocycles. The number of aryl methyl sites for hydroxylation is 2. The Labute approximate surface area is 126 Å². The van der Waals surface area contributed by atoms with Crippen molar-refractivity contribution < 1.29 is 4.79 Å². The summed E-state index contributed by atoms with van der Waals surface area (Å²) >= 11 is 13.6. The summed E-state index contributed by atoms with van der Waals surface area (Å²) in [5.41, 5.74) is 0.473. The van der Waals surface area contributed by atoms with E-state index in [2.05, 4.69) is 10.3 Å². The fraction of sp³-hybridized carbons (Fsp3) is 0.692. The maximum atomic E-state index is 12.2. The second kappa shape index (κ2) is 4.61. The molecule has 0 saturated heterocycles. The van der Waals surface area contributed by atoms with E-state index in [1.807, 2.05) is 0 Å². The SMILES string of the molecule is C[C@@]1(C(=O)Nc2nc3c(s2)CCCCC3)CC1(Cl)Cl. The largest absolute Gasteiger partial charge is 0.301 e. The zero-order valence-corrected chi connectivity index (χ0v) is 13.1. The summed E-state index contributed by atoms with van der Waals surface area (Å²) in [6.07, 6.45) is 6.27. The first-order valence-corrected chi connectivity index (χ1v) is 8.17. The van der Waals surface area contributed by atoms with Gasteiger partial charge in [0, 0.05) is 4.88 Å². The number of alkyl halides is 2. The number of carbonyl (C=O) groups is 1. The number of thiazole rings is 1. The Bertz CT molecular complexity index is 505. The van der Waals surface area contributed by atoms with E-state index in [9.17, 15) is 4.79 Å². The Morgan fingerprint density at radius 1 is 1.32 bits per heavy atom. The summed E-state index contributed by atoms with van der Waals surface area (Å²) in [6, 6.07) is 0. The van der Waals surface area contributed by atoms with E-state index in [-0.39, 0.29) is 5.91 Å². The van der Waals surface area contributed by atoms with E-state index in [0.717, 1.165) is 18.5 Å². The quantitative estimate of drug-likeness (QED) is 0.663. The van der Waals surface area contributed by atoms with Crippen molar-refractivity contribution in [1.29, 1.82) is 0 Å². The number of nitrogens with zero attached hydrogens (tertiary/aromatic N) is 1. The highest BCUT2D eigenvalue weighted by atomic mass is 35.5. The van der Waals surface area contributed by atoms with Gasteiger partial charge in [-0.3, -0.25) is 4.79 Å². The highest BCUT2D eigenvalue weighted by Gasteiger charge is 2.68. The fourth-order valence-electron chi connectivity index (χ4n) is 2.46. The maximum Gasteiger partial charge on any atom is 0.235 e. The molecule has 1 heterocycles. The molecule has 0 spiro atoms. The van der Waals surface area contributed by atoms with Crippen LogP contribution in [0.15, 0.2) is 0 Å². The van der Waals surface area contributed by atoms with Gasteiger partial charge >= 0.3 is 0 Å². The van der Waals surface area contributed by atoms with Crippen molar-refractivity contribution in [2.45, 2.75) is 49.8 Å². The standard InChI is InChI=1S/C13H16Cl2N2OS/c1-12(7-13(12,14)15)10(18)17-11-16-8-5-3-2-4-6-9(8)19-11/h2-7H2,1H3,(H,16,17,18)/t12-/m0/s1. The smallest absolute Gasteiger partial charge is 0.235 e. The summed E-state index contributed by atoms with van der Waals surface area (Å²) in [5.74, 6) is -0.124. The van der Waals surface area contributed by atoms with Crippen LogP contribution in [0.25, 0.3) is 0 Å². The molecule has 3 rings (SSSR count). The average Bonchev–Trinajstić information content (AvgIpc) is 2.76. The van der Waals surface area contributed by atoms with Crippen LogP contribution in [0, 0.1) is 5.41 Å². The number of halogens is 2. The molecule has 19 heavy (non-hydrogen) atoms. The lowest BCUT2D eigenvalue weighted by Gasteiger charge is -2.10. The molecule has 1 saturated carbocycles. The third kappa shape index (κ3) is 2.39. The molecule has 1 amide bonds. The van der Waals surface area contributed by atoms with E-state index < -0.39 is 9.75 Å². The van der Waals surface area contributed by atoms with Gasteiger partial charge in [-0.1, -0.05) is 6.42 Å². The Kier molecular flexibility index (Phi) is 3.31. The van der Waals surface area contributed by atoms with Crippen molar-refractivity contribution >= 4 is 45.6 Å². The molecule has 0 unspecified atom stereocenters. The Balaban J connectivity index is 1.73. The van der Waals surface area contributed by atoms with Gasteiger partial charge in [0.15, 0.2) is 5.13 Å². The lowest BCUT2D eigenvalue weighted by atomic mass is 10.1. The summed E-state index contributed by atoms with van der Waals surface area (Å²) in [7, 11) is 0. The van der Waals surface area contributed by atoms with E-state index >= 15 is 0 Å². The van der Waals surface area contributed by atoms with Crippen LogP contribution in [0.5, 0.6) is 0 Å². The molecule has 0 aliphatic heterocycles. The number of carbonyl (C=O) groups excluding carboxylic acids is 1. The molecule has 0 aromatic carbocycles. The van der Waals surface area contributed by atoms with Crippen LogP contribution in [-0.4, -0.2) is 15.2 Å². The number of nitrogens with one attached hydrogen (secondary N) is 1. The number of amides is 1. The number of aromatic nitrogens is 1. The molecule has 6 heteroatoms. The number of hydrogen-bond donors (Lipinski definition) is 1. The van der Waals surface area contributed by atoms with E-state index in [4.69, 9.17) is 23.2 Å². The maximum absolute atomic E-state index is 12.2. The first-order chi connectivity index (χ1) is 8.92. The first-order valence-electron chi connectivity index (χ1n) is 6.60. The van der Waals surface area contributed by atoms with Crippen LogP contribution in [0.3, 0.4) is 0 Å². The Hall–Kier alpha value is -0.320. The van der Waals surface area contributed by atoms with Gasteiger partial charge in [-0.2, -0.15) is 0 Å². The molecule has 3 nitrogen and oxygen atoms in total. The van der Waals surface area contributed by atoms with E-state index in [0.29, 0.717) is 11.6 Å². The van der Waals surface area contributed by atoms with Crippen LogP contribution in [-0.2, 0) is 17.6 Å². The minimum absolute atomic E-state index is 0.124. The molecule has 1 fully saturated rings. The molecule has 1 N–H and O–H groups in total. The van der Waals surface area contributed by atoms with E-state index in [1.54, 1.807) is 18.3 Å². The zero-order chi connectivity index (χ0) is 13.7. The van der Waals surface area contributed by atoms with Crippen molar-refractivity contribution in [2.24, 2.45) is 5.41 Å². The van der Waals surface area contributed by atoms with Crippen molar-refractivity contribution in [2.75, 3.05) is 5.32 Å². The molecule has 2 aliphatic rings. The molecule has 104 valence electrons. The lowest BCUT2D eigenvalue weighted by Crippen LogP contribution is -2.25. The number of hydrogen-bond acceptors (Lipinski definition) is 3. The number of anilines is 1. The van der Waals surface area contributed by atoms with Gasteiger partial charge in [-0.05, 0) is 39.0 Å². The van der Waals surface area contributed by atoms with Gasteiger partial charge in [-0.15, -0.1) is 34.5 Å². The summed E-state index contributed by atoms with van der Waals surface area (Å²) in [6.45, 7) is 1.79. The second-order valence-electron chi connectivity index (χ2n) is 5.62. The fourth-order valence-corrected chi connectivity index (χ4v) is 4.21.